The molecule has 0 saturated heterocycles. The molecule has 2 amide bonds. The van der Waals surface area contributed by atoms with E-state index in [0.717, 1.165) is 22.0 Å². The first kappa shape index (κ1) is 19.9. The average molecular weight is 394 g/mol. The Kier molecular flexibility index (Phi) is 6.47. The number of para-hydroxylation sites is 1. The van der Waals surface area contributed by atoms with Gasteiger partial charge in [0.15, 0.2) is 0 Å². The average Bonchev–Trinajstić information content (AvgIpc) is 3.13. The Hall–Kier alpha value is -3.81. The second-order valence-electron chi connectivity index (χ2n) is 6.41. The molecule has 0 radical (unpaired) electrons. The van der Waals surface area contributed by atoms with Crippen molar-refractivity contribution in [3.63, 3.8) is 0 Å². The molecule has 1 atom stereocenters. The zero-order valence-electron chi connectivity index (χ0n) is 15.5. The molecule has 0 aliphatic heterocycles. The van der Waals surface area contributed by atoms with Gasteiger partial charge >= 0.3 is 6.09 Å². The summed E-state index contributed by atoms with van der Waals surface area (Å²) in [5.41, 5.74) is 2.50. The highest BCUT2D eigenvalue weighted by atomic mass is 16.5. The number of amides is 2. The molecule has 3 N–H and O–H groups in total. The molecular weight excluding hydrogens is 374 g/mol. The number of rotatable bonds is 8. The van der Waals surface area contributed by atoms with Crippen LogP contribution < -0.4 is 15.7 Å². The first-order chi connectivity index (χ1) is 14.0. The number of carboxylic acids is 1. The van der Waals surface area contributed by atoms with Gasteiger partial charge < -0.3 is 30.3 Å². The maximum absolute atomic E-state index is 12.4. The Balaban J connectivity index is 1.69. The van der Waals surface area contributed by atoms with E-state index in [4.69, 9.17) is 4.74 Å². The third kappa shape index (κ3) is 5.58. The molecule has 8 heteroatoms. The van der Waals surface area contributed by atoms with Crippen LogP contribution in [0.3, 0.4) is 0 Å². The summed E-state index contributed by atoms with van der Waals surface area (Å²) in [6.07, 6.45) is 1.13. The van der Waals surface area contributed by atoms with Crippen molar-refractivity contribution < 1.29 is 24.2 Å². The van der Waals surface area contributed by atoms with Gasteiger partial charge in [0.2, 0.25) is 5.91 Å². The number of aromatic amines is 1. The lowest BCUT2D eigenvalue weighted by Crippen LogP contribution is -2.50. The summed E-state index contributed by atoms with van der Waals surface area (Å²) in [7, 11) is 0. The van der Waals surface area contributed by atoms with Crippen molar-refractivity contribution in [2.45, 2.75) is 19.1 Å². The number of carboxylic acid groups (broad SMARTS) is 1. The summed E-state index contributed by atoms with van der Waals surface area (Å²) in [5, 5.41) is 16.3. The van der Waals surface area contributed by atoms with Gasteiger partial charge in [-0.1, -0.05) is 48.5 Å². The maximum atomic E-state index is 12.4. The van der Waals surface area contributed by atoms with Gasteiger partial charge in [-0.3, -0.25) is 4.79 Å². The zero-order chi connectivity index (χ0) is 20.6. The molecule has 8 nitrogen and oxygen atoms in total. The van der Waals surface area contributed by atoms with Gasteiger partial charge in [0.05, 0.1) is 12.5 Å². The van der Waals surface area contributed by atoms with Gasteiger partial charge in [-0.25, -0.2) is 4.79 Å². The highest BCUT2D eigenvalue weighted by molar-refractivity contribution is 5.89. The molecule has 0 aliphatic rings. The van der Waals surface area contributed by atoms with E-state index in [-0.39, 0.29) is 13.0 Å². The molecule has 0 fully saturated rings. The lowest BCUT2D eigenvalue weighted by molar-refractivity contribution is -0.304. The Morgan fingerprint density at radius 3 is 2.52 bits per heavy atom. The lowest BCUT2D eigenvalue weighted by Gasteiger charge is -2.18. The number of hydrogen-bond acceptors (Lipinski definition) is 5. The predicted molar refractivity (Wildman–Crippen MR) is 104 cm³/mol. The number of aliphatic carboxylic acids is 1. The monoisotopic (exact) mass is 394 g/mol. The number of aromatic nitrogens is 1. The second-order valence-corrected chi connectivity index (χ2v) is 6.41. The van der Waals surface area contributed by atoms with Crippen LogP contribution in [0.1, 0.15) is 11.1 Å². The van der Waals surface area contributed by atoms with Gasteiger partial charge in [-0.2, -0.15) is 0 Å². The number of ether oxygens (including phenoxy) is 1. The first-order valence-electron chi connectivity index (χ1n) is 9.02. The predicted octanol–water partition coefficient (Wildman–Crippen LogP) is 0.872. The molecule has 0 spiro atoms. The molecule has 2 aromatic carbocycles. The van der Waals surface area contributed by atoms with Crippen molar-refractivity contribution in [1.29, 1.82) is 0 Å². The number of hydrogen-bond donors (Lipinski definition) is 3. The Bertz CT molecular complexity index is 1000. The summed E-state index contributed by atoms with van der Waals surface area (Å²) >= 11 is 0. The van der Waals surface area contributed by atoms with Crippen LogP contribution in [0.4, 0.5) is 4.79 Å². The highest BCUT2D eigenvalue weighted by Crippen LogP contribution is 2.19. The van der Waals surface area contributed by atoms with Crippen LogP contribution in [0.2, 0.25) is 0 Å². The number of H-pyrrole nitrogens is 1. The van der Waals surface area contributed by atoms with Crippen molar-refractivity contribution in [2.75, 3.05) is 6.54 Å². The van der Waals surface area contributed by atoms with Gasteiger partial charge in [0, 0.05) is 23.5 Å². The summed E-state index contributed by atoms with van der Waals surface area (Å²) in [6, 6.07) is 15.6. The fourth-order valence-electron chi connectivity index (χ4n) is 2.92. The molecule has 0 unspecified atom stereocenters. The van der Waals surface area contributed by atoms with E-state index in [9.17, 15) is 19.5 Å². The Morgan fingerprint density at radius 1 is 1.03 bits per heavy atom. The number of nitrogens with one attached hydrogen (secondary N) is 3. The Labute approximate surface area is 166 Å². The first-order valence-corrected chi connectivity index (χ1v) is 9.02. The molecule has 0 bridgehead atoms. The van der Waals surface area contributed by atoms with E-state index in [1.165, 1.54) is 0 Å². The summed E-state index contributed by atoms with van der Waals surface area (Å²) in [5.74, 6) is -2.06. The number of benzene rings is 2. The largest absolute Gasteiger partial charge is 0.548 e. The SMILES string of the molecule is O=C([O-])CNC(=O)[C@H](Cc1c[nH]c2ccccc12)NC(=O)OCc1ccccc1. The second kappa shape index (κ2) is 9.41. The maximum Gasteiger partial charge on any atom is 0.408 e. The number of carbonyl (C=O) groups is 3. The smallest absolute Gasteiger partial charge is 0.408 e. The van der Waals surface area contributed by atoms with Crippen molar-refractivity contribution in [2.24, 2.45) is 0 Å². The van der Waals surface area contributed by atoms with Gasteiger partial charge in [-0.15, -0.1) is 0 Å². The molecule has 3 aromatic rings. The topological polar surface area (TPSA) is 123 Å². The van der Waals surface area contributed by atoms with Crippen molar-refractivity contribution in [1.82, 2.24) is 15.6 Å². The van der Waals surface area contributed by atoms with Crippen LogP contribution >= 0.6 is 0 Å². The molecule has 150 valence electrons. The fourth-order valence-corrected chi connectivity index (χ4v) is 2.92. The number of carbonyl (C=O) groups excluding carboxylic acids is 3. The van der Waals surface area contributed by atoms with E-state index in [1.54, 1.807) is 6.20 Å². The number of fused-ring (bicyclic) bond motifs is 1. The summed E-state index contributed by atoms with van der Waals surface area (Å²) < 4.78 is 5.17. The van der Waals surface area contributed by atoms with Crippen LogP contribution in [-0.4, -0.2) is 35.5 Å². The third-order valence-corrected chi connectivity index (χ3v) is 4.33. The zero-order valence-corrected chi connectivity index (χ0v) is 15.5. The lowest BCUT2D eigenvalue weighted by atomic mass is 10.0. The number of alkyl carbamates (subject to hydrolysis) is 1. The van der Waals surface area contributed by atoms with Gasteiger partial charge in [-0.05, 0) is 17.2 Å². The minimum absolute atomic E-state index is 0.0488. The minimum Gasteiger partial charge on any atom is -0.548 e. The van der Waals surface area contributed by atoms with E-state index in [0.29, 0.717) is 0 Å². The highest BCUT2D eigenvalue weighted by Gasteiger charge is 2.23. The van der Waals surface area contributed by atoms with Crippen LogP contribution in [0, 0.1) is 0 Å². The van der Waals surface area contributed by atoms with Crippen LogP contribution in [0.15, 0.2) is 60.8 Å². The summed E-state index contributed by atoms with van der Waals surface area (Å²) in [4.78, 5) is 38.4. The van der Waals surface area contributed by atoms with Gasteiger partial charge in [0.25, 0.3) is 0 Å². The van der Waals surface area contributed by atoms with E-state index < -0.39 is 30.6 Å². The molecule has 1 aromatic heterocycles. The van der Waals surface area contributed by atoms with Crippen LogP contribution in [0.5, 0.6) is 0 Å². The Morgan fingerprint density at radius 2 is 1.76 bits per heavy atom. The normalized spacial score (nSPS) is 11.6. The van der Waals surface area contributed by atoms with Crippen molar-refractivity contribution in [3.8, 4) is 0 Å². The van der Waals surface area contributed by atoms with Crippen molar-refractivity contribution >= 4 is 28.9 Å². The van der Waals surface area contributed by atoms with Crippen LogP contribution in [-0.2, 0) is 27.4 Å². The molecule has 0 aliphatic carbocycles. The third-order valence-electron chi connectivity index (χ3n) is 4.33. The van der Waals surface area contributed by atoms with E-state index in [2.05, 4.69) is 15.6 Å². The molecular formula is C21H20N3O5-. The molecule has 29 heavy (non-hydrogen) atoms. The quantitative estimate of drug-likeness (QED) is 0.523. The van der Waals surface area contributed by atoms with Crippen molar-refractivity contribution in [3.05, 3.63) is 71.9 Å². The molecule has 3 rings (SSSR count). The van der Waals surface area contributed by atoms with E-state index >= 15 is 0 Å². The molecule has 0 saturated carbocycles. The minimum atomic E-state index is -1.42. The fraction of sp³-hybridized carbons (Fsp3) is 0.190. The van der Waals surface area contributed by atoms with Crippen LogP contribution in [0.25, 0.3) is 10.9 Å². The molecule has 1 heterocycles. The summed E-state index contributed by atoms with van der Waals surface area (Å²) in [6.45, 7) is -0.600. The standard InChI is InChI=1S/C21H21N3O5/c25-19(26)12-23-20(27)18(10-15-11-22-17-9-5-4-8-16(15)17)24-21(28)29-13-14-6-2-1-3-7-14/h1-9,11,18,22H,10,12-13H2,(H,23,27)(H,24,28)(H,25,26)/p-1/t18-/m0/s1. The van der Waals surface area contributed by atoms with E-state index in [1.807, 2.05) is 54.6 Å². The van der Waals surface area contributed by atoms with Gasteiger partial charge in [0.1, 0.15) is 12.6 Å².